The fourth-order valence-corrected chi connectivity index (χ4v) is 5.22. The summed E-state index contributed by atoms with van der Waals surface area (Å²) in [7, 11) is 0. The molecule has 0 radical (unpaired) electrons. The Morgan fingerprint density at radius 2 is 1.03 bits per heavy atom. The molecule has 0 saturated heterocycles. The fraction of sp³-hybridized carbons (Fsp3) is 0.771. The second-order valence-corrected chi connectivity index (χ2v) is 11.6. The van der Waals surface area contributed by atoms with E-state index in [2.05, 4.69) is 24.5 Å². The second-order valence-electron chi connectivity index (χ2n) is 11.6. The van der Waals surface area contributed by atoms with Gasteiger partial charge in [0.05, 0.1) is 0 Å². The van der Waals surface area contributed by atoms with E-state index in [0.29, 0.717) is 19.4 Å². The van der Waals surface area contributed by atoms with Gasteiger partial charge in [-0.05, 0) is 18.4 Å². The summed E-state index contributed by atoms with van der Waals surface area (Å²) in [6.07, 6.45) is 28.1. The number of benzene rings is 1. The van der Waals surface area contributed by atoms with Crippen LogP contribution in [-0.2, 0) is 16.0 Å². The second kappa shape index (κ2) is 26.4. The van der Waals surface area contributed by atoms with Crippen molar-refractivity contribution in [2.24, 2.45) is 0 Å². The molecule has 0 heterocycles. The minimum absolute atomic E-state index is 0.00927. The maximum Gasteiger partial charge on any atom is 0.242 e. The molecule has 0 aromatic heterocycles. The Balaban J connectivity index is 2.12. The third kappa shape index (κ3) is 21.6. The maximum atomic E-state index is 12.9. The molecular weight excluding hydrogens is 480 g/mol. The van der Waals surface area contributed by atoms with E-state index in [-0.39, 0.29) is 11.8 Å². The van der Waals surface area contributed by atoms with Crippen LogP contribution in [0.25, 0.3) is 0 Å². The number of rotatable bonds is 27. The first-order chi connectivity index (χ1) is 19.2. The largest absolute Gasteiger partial charge is 0.354 e. The van der Waals surface area contributed by atoms with Crippen molar-refractivity contribution in [2.45, 2.75) is 168 Å². The summed E-state index contributed by atoms with van der Waals surface area (Å²) < 4.78 is 0. The summed E-state index contributed by atoms with van der Waals surface area (Å²) in [5, 5.41) is 6.10. The van der Waals surface area contributed by atoms with Gasteiger partial charge >= 0.3 is 0 Å². The molecule has 0 spiro atoms. The molecule has 0 fully saturated rings. The molecule has 1 aromatic rings. The van der Waals surface area contributed by atoms with Crippen LogP contribution < -0.4 is 10.6 Å². The molecule has 4 heteroatoms. The molecule has 1 atom stereocenters. The molecule has 4 nitrogen and oxygen atoms in total. The predicted molar refractivity (Wildman–Crippen MR) is 168 cm³/mol. The monoisotopic (exact) mass is 542 g/mol. The van der Waals surface area contributed by atoms with Crippen molar-refractivity contribution in [1.29, 1.82) is 0 Å². The van der Waals surface area contributed by atoms with Gasteiger partial charge in [-0.15, -0.1) is 0 Å². The molecule has 0 unspecified atom stereocenters. The lowest BCUT2D eigenvalue weighted by Crippen LogP contribution is -2.48. The zero-order chi connectivity index (χ0) is 28.2. The van der Waals surface area contributed by atoms with E-state index in [1.54, 1.807) is 0 Å². The van der Waals surface area contributed by atoms with Gasteiger partial charge in [-0.1, -0.05) is 166 Å². The Morgan fingerprint density at radius 3 is 1.51 bits per heavy atom. The lowest BCUT2D eigenvalue weighted by Gasteiger charge is -2.19. The molecule has 224 valence electrons. The topological polar surface area (TPSA) is 58.2 Å². The van der Waals surface area contributed by atoms with E-state index in [1.165, 1.54) is 109 Å². The number of amides is 2. The number of nitrogens with one attached hydrogen (secondary N) is 2. The zero-order valence-electron chi connectivity index (χ0n) is 25.8. The summed E-state index contributed by atoms with van der Waals surface area (Å²) in [6, 6.07) is 9.48. The summed E-state index contributed by atoms with van der Waals surface area (Å²) in [6.45, 7) is 5.17. The van der Waals surface area contributed by atoms with Crippen molar-refractivity contribution >= 4 is 11.8 Å². The number of unbranched alkanes of at least 4 members (excludes halogenated alkanes) is 19. The molecule has 0 aliphatic rings. The standard InChI is InChI=1S/C35H62N2O2/c1-3-5-7-9-10-11-12-13-14-15-16-17-18-19-21-26-30-36-35(39)33(31-32-27-23-22-24-28-32)37-34(38)29-25-20-8-6-4-2/h22-24,27-28,33H,3-21,25-26,29-31H2,1-2H3,(H,36,39)(H,37,38)/t33-/m0/s1. The first-order valence-electron chi connectivity index (χ1n) is 16.8. The zero-order valence-corrected chi connectivity index (χ0v) is 25.8. The smallest absolute Gasteiger partial charge is 0.242 e. The van der Waals surface area contributed by atoms with Crippen LogP contribution in [0.15, 0.2) is 30.3 Å². The van der Waals surface area contributed by atoms with E-state index in [1.807, 2.05) is 30.3 Å². The summed E-state index contributed by atoms with van der Waals surface area (Å²) >= 11 is 0. The Labute approximate surface area is 241 Å². The van der Waals surface area contributed by atoms with Gasteiger partial charge in [-0.25, -0.2) is 0 Å². The van der Waals surface area contributed by atoms with Crippen LogP contribution in [0.2, 0.25) is 0 Å². The SMILES string of the molecule is CCCCCCCCCCCCCCCCCCNC(=O)[C@H](Cc1ccccc1)NC(=O)CCCCCCC. The average Bonchev–Trinajstić information content (AvgIpc) is 2.94. The quantitative estimate of drug-likeness (QED) is 0.109. The molecular formula is C35H62N2O2. The molecule has 2 amide bonds. The molecule has 0 bridgehead atoms. The normalized spacial score (nSPS) is 11.8. The van der Waals surface area contributed by atoms with Gasteiger partial charge in [0.1, 0.15) is 6.04 Å². The molecule has 1 rings (SSSR count). The van der Waals surface area contributed by atoms with Crippen LogP contribution in [0.3, 0.4) is 0 Å². The van der Waals surface area contributed by atoms with Gasteiger partial charge in [-0.2, -0.15) is 0 Å². The number of hydrogen-bond donors (Lipinski definition) is 2. The van der Waals surface area contributed by atoms with E-state index in [4.69, 9.17) is 0 Å². The van der Waals surface area contributed by atoms with E-state index >= 15 is 0 Å². The number of carbonyl (C=O) groups excluding carboxylic acids is 2. The molecule has 0 aliphatic carbocycles. The average molecular weight is 543 g/mol. The van der Waals surface area contributed by atoms with Gasteiger partial charge in [0, 0.05) is 19.4 Å². The molecule has 1 aromatic carbocycles. The minimum Gasteiger partial charge on any atom is -0.354 e. The highest BCUT2D eigenvalue weighted by Gasteiger charge is 2.20. The Kier molecular flexibility index (Phi) is 23.8. The van der Waals surface area contributed by atoms with Gasteiger partial charge in [0.2, 0.25) is 11.8 Å². The van der Waals surface area contributed by atoms with Crippen molar-refractivity contribution in [3.63, 3.8) is 0 Å². The van der Waals surface area contributed by atoms with Crippen LogP contribution in [0.5, 0.6) is 0 Å². The van der Waals surface area contributed by atoms with E-state index in [0.717, 1.165) is 31.2 Å². The van der Waals surface area contributed by atoms with Gasteiger partial charge < -0.3 is 10.6 Å². The molecule has 39 heavy (non-hydrogen) atoms. The fourth-order valence-electron chi connectivity index (χ4n) is 5.22. The van der Waals surface area contributed by atoms with E-state index < -0.39 is 6.04 Å². The van der Waals surface area contributed by atoms with Gasteiger partial charge in [0.15, 0.2) is 0 Å². The van der Waals surface area contributed by atoms with Crippen molar-refractivity contribution in [3.8, 4) is 0 Å². The highest BCUT2D eigenvalue weighted by molar-refractivity contribution is 5.87. The van der Waals surface area contributed by atoms with Crippen LogP contribution >= 0.6 is 0 Å². The van der Waals surface area contributed by atoms with Crippen molar-refractivity contribution < 1.29 is 9.59 Å². The molecule has 0 saturated carbocycles. The highest BCUT2D eigenvalue weighted by Crippen LogP contribution is 2.14. The van der Waals surface area contributed by atoms with Crippen molar-refractivity contribution in [3.05, 3.63) is 35.9 Å². The Morgan fingerprint density at radius 1 is 0.590 bits per heavy atom. The van der Waals surface area contributed by atoms with Crippen molar-refractivity contribution in [1.82, 2.24) is 10.6 Å². The summed E-state index contributed by atoms with van der Waals surface area (Å²) in [5.74, 6) is -0.0656. The highest BCUT2D eigenvalue weighted by atomic mass is 16.2. The van der Waals surface area contributed by atoms with Gasteiger partial charge in [0.25, 0.3) is 0 Å². The van der Waals surface area contributed by atoms with Crippen LogP contribution in [0.1, 0.15) is 161 Å². The van der Waals surface area contributed by atoms with Crippen LogP contribution in [0.4, 0.5) is 0 Å². The molecule has 2 N–H and O–H groups in total. The third-order valence-electron chi connectivity index (χ3n) is 7.77. The summed E-state index contributed by atoms with van der Waals surface area (Å²) in [5.41, 5.74) is 1.07. The third-order valence-corrected chi connectivity index (χ3v) is 7.77. The Hall–Kier alpha value is -1.84. The number of hydrogen-bond acceptors (Lipinski definition) is 2. The first kappa shape index (κ1) is 35.2. The number of carbonyl (C=O) groups is 2. The predicted octanol–water partition coefficient (Wildman–Crippen LogP) is 9.45. The lowest BCUT2D eigenvalue weighted by molar-refractivity contribution is -0.129. The van der Waals surface area contributed by atoms with Crippen molar-refractivity contribution in [2.75, 3.05) is 6.54 Å². The van der Waals surface area contributed by atoms with Gasteiger partial charge in [-0.3, -0.25) is 9.59 Å². The maximum absolute atomic E-state index is 12.9. The summed E-state index contributed by atoms with van der Waals surface area (Å²) in [4.78, 5) is 25.5. The van der Waals surface area contributed by atoms with Crippen LogP contribution in [-0.4, -0.2) is 24.4 Å². The van der Waals surface area contributed by atoms with Crippen LogP contribution in [0, 0.1) is 0 Å². The minimum atomic E-state index is -0.503. The lowest BCUT2D eigenvalue weighted by atomic mass is 10.0. The molecule has 0 aliphatic heterocycles. The first-order valence-corrected chi connectivity index (χ1v) is 16.8. The van der Waals surface area contributed by atoms with E-state index in [9.17, 15) is 9.59 Å². The Bertz CT molecular complexity index is 691.